The summed E-state index contributed by atoms with van der Waals surface area (Å²) in [5.41, 5.74) is 0. The van der Waals surface area contributed by atoms with E-state index >= 15 is 0 Å². The fraction of sp³-hybridized carbons (Fsp3) is 0.857. The largest absolute Gasteiger partial charge is 0.359 e. The normalized spacial score (nSPS) is 16.2. The molecule has 0 atom stereocenters. The third kappa shape index (κ3) is 6.62. The molecule has 0 bridgehead atoms. The molecule has 4 nitrogen and oxygen atoms in total. The molecule has 104 valence electrons. The first kappa shape index (κ1) is 15.0. The molecule has 0 spiro atoms. The summed E-state index contributed by atoms with van der Waals surface area (Å²) >= 11 is 0. The summed E-state index contributed by atoms with van der Waals surface area (Å²) in [6.45, 7) is 1.56. The van der Waals surface area contributed by atoms with Crippen molar-refractivity contribution in [2.75, 3.05) is 13.1 Å². The number of hydrogen-bond donors (Lipinski definition) is 2. The second-order valence-electron chi connectivity index (χ2n) is 5.11. The van der Waals surface area contributed by atoms with E-state index in [1.807, 2.05) is 0 Å². The van der Waals surface area contributed by atoms with Crippen LogP contribution in [0.25, 0.3) is 0 Å². The SMILES string of the molecule is O=CNCCCCCCNC(=O)C1CCCCC1. The van der Waals surface area contributed by atoms with Gasteiger partial charge in [-0.2, -0.15) is 0 Å². The second kappa shape index (κ2) is 9.92. The molecule has 0 aromatic heterocycles. The van der Waals surface area contributed by atoms with Crippen LogP contribution in [0.3, 0.4) is 0 Å². The van der Waals surface area contributed by atoms with Crippen LogP contribution in [0.4, 0.5) is 0 Å². The molecule has 1 saturated carbocycles. The van der Waals surface area contributed by atoms with Gasteiger partial charge in [0.2, 0.25) is 12.3 Å². The van der Waals surface area contributed by atoms with Crippen molar-refractivity contribution in [3.05, 3.63) is 0 Å². The van der Waals surface area contributed by atoms with E-state index in [2.05, 4.69) is 10.6 Å². The van der Waals surface area contributed by atoms with Crippen LogP contribution in [0.5, 0.6) is 0 Å². The fourth-order valence-electron chi connectivity index (χ4n) is 2.49. The van der Waals surface area contributed by atoms with Crippen molar-refractivity contribution >= 4 is 12.3 Å². The van der Waals surface area contributed by atoms with Gasteiger partial charge in [-0.25, -0.2) is 0 Å². The number of nitrogens with one attached hydrogen (secondary N) is 2. The number of hydrogen-bond acceptors (Lipinski definition) is 2. The summed E-state index contributed by atoms with van der Waals surface area (Å²) in [4.78, 5) is 21.8. The highest BCUT2D eigenvalue weighted by atomic mass is 16.1. The molecule has 0 radical (unpaired) electrons. The molecule has 4 heteroatoms. The lowest BCUT2D eigenvalue weighted by Gasteiger charge is -2.20. The summed E-state index contributed by atoms with van der Waals surface area (Å²) in [5, 5.41) is 5.69. The van der Waals surface area contributed by atoms with Crippen molar-refractivity contribution in [3.63, 3.8) is 0 Å². The topological polar surface area (TPSA) is 58.2 Å². The molecule has 1 aliphatic carbocycles. The predicted molar refractivity (Wildman–Crippen MR) is 72.1 cm³/mol. The highest BCUT2D eigenvalue weighted by Gasteiger charge is 2.20. The molecule has 0 aromatic carbocycles. The standard InChI is InChI=1S/C14H26N2O2/c17-12-15-10-6-1-2-7-11-16-14(18)13-8-4-3-5-9-13/h12-13H,1-11H2,(H,15,17)(H,16,18). The van der Waals surface area contributed by atoms with E-state index in [1.165, 1.54) is 19.3 Å². The highest BCUT2D eigenvalue weighted by molar-refractivity contribution is 5.78. The van der Waals surface area contributed by atoms with Crippen molar-refractivity contribution in [2.45, 2.75) is 57.8 Å². The maximum atomic E-state index is 11.8. The van der Waals surface area contributed by atoms with Crippen LogP contribution < -0.4 is 10.6 Å². The fourth-order valence-corrected chi connectivity index (χ4v) is 2.49. The predicted octanol–water partition coefficient (Wildman–Crippen LogP) is 1.99. The van der Waals surface area contributed by atoms with Gasteiger partial charge >= 0.3 is 0 Å². The molecule has 0 saturated heterocycles. The summed E-state index contributed by atoms with van der Waals surface area (Å²) < 4.78 is 0. The quantitative estimate of drug-likeness (QED) is 0.488. The van der Waals surface area contributed by atoms with Gasteiger partial charge in [-0.3, -0.25) is 9.59 Å². The molecule has 1 aliphatic rings. The minimum absolute atomic E-state index is 0.261. The van der Waals surface area contributed by atoms with Crippen LogP contribution in [0, 0.1) is 5.92 Å². The Balaban J connectivity index is 1.90. The van der Waals surface area contributed by atoms with E-state index in [1.54, 1.807) is 0 Å². The first-order valence-corrected chi connectivity index (χ1v) is 7.29. The molecule has 0 aliphatic heterocycles. The van der Waals surface area contributed by atoms with E-state index in [0.29, 0.717) is 0 Å². The maximum absolute atomic E-state index is 11.8. The molecule has 1 fully saturated rings. The van der Waals surface area contributed by atoms with Gasteiger partial charge in [-0.15, -0.1) is 0 Å². The van der Waals surface area contributed by atoms with E-state index in [9.17, 15) is 9.59 Å². The number of amides is 2. The molecule has 0 heterocycles. The lowest BCUT2D eigenvalue weighted by Crippen LogP contribution is -2.32. The Kier molecular flexibility index (Phi) is 8.26. The average Bonchev–Trinajstić information content (AvgIpc) is 2.42. The van der Waals surface area contributed by atoms with Crippen LogP contribution in [0.2, 0.25) is 0 Å². The molecule has 0 aromatic rings. The third-order valence-electron chi connectivity index (χ3n) is 3.61. The van der Waals surface area contributed by atoms with Gasteiger partial charge in [0.1, 0.15) is 0 Å². The van der Waals surface area contributed by atoms with E-state index < -0.39 is 0 Å². The van der Waals surface area contributed by atoms with Crippen molar-refractivity contribution in [1.82, 2.24) is 10.6 Å². The Bertz CT molecular complexity index is 238. The Hall–Kier alpha value is -1.06. The summed E-state index contributed by atoms with van der Waals surface area (Å²) in [7, 11) is 0. The van der Waals surface area contributed by atoms with Gasteiger partial charge in [0.05, 0.1) is 0 Å². The van der Waals surface area contributed by atoms with Crippen molar-refractivity contribution in [3.8, 4) is 0 Å². The second-order valence-corrected chi connectivity index (χ2v) is 5.11. The number of unbranched alkanes of at least 4 members (excludes halogenated alkanes) is 3. The van der Waals surface area contributed by atoms with Gasteiger partial charge in [-0.05, 0) is 25.7 Å². The zero-order valence-electron chi connectivity index (χ0n) is 11.2. The molecule has 0 unspecified atom stereocenters. The Labute approximate surface area is 110 Å². The molecule has 2 amide bonds. The molecule has 18 heavy (non-hydrogen) atoms. The van der Waals surface area contributed by atoms with E-state index in [-0.39, 0.29) is 11.8 Å². The van der Waals surface area contributed by atoms with Gasteiger partial charge in [0, 0.05) is 19.0 Å². The molecular formula is C14H26N2O2. The van der Waals surface area contributed by atoms with Crippen LogP contribution in [0.15, 0.2) is 0 Å². The lowest BCUT2D eigenvalue weighted by molar-refractivity contribution is -0.125. The van der Waals surface area contributed by atoms with Crippen LogP contribution in [0.1, 0.15) is 57.8 Å². The highest BCUT2D eigenvalue weighted by Crippen LogP contribution is 2.23. The third-order valence-corrected chi connectivity index (χ3v) is 3.61. The lowest BCUT2D eigenvalue weighted by atomic mass is 9.89. The van der Waals surface area contributed by atoms with E-state index in [0.717, 1.165) is 58.0 Å². The van der Waals surface area contributed by atoms with Crippen LogP contribution >= 0.6 is 0 Å². The summed E-state index contributed by atoms with van der Waals surface area (Å²) in [6.07, 6.45) is 10.9. The average molecular weight is 254 g/mol. The number of carbonyl (C=O) groups excluding carboxylic acids is 2. The molecular weight excluding hydrogens is 228 g/mol. The number of carbonyl (C=O) groups is 2. The minimum atomic E-state index is 0.261. The van der Waals surface area contributed by atoms with Gasteiger partial charge < -0.3 is 10.6 Å². The first-order valence-electron chi connectivity index (χ1n) is 7.29. The Morgan fingerprint density at radius 1 is 1.00 bits per heavy atom. The zero-order chi connectivity index (χ0) is 13.1. The number of rotatable bonds is 9. The van der Waals surface area contributed by atoms with Crippen molar-refractivity contribution < 1.29 is 9.59 Å². The maximum Gasteiger partial charge on any atom is 0.223 e. The van der Waals surface area contributed by atoms with E-state index in [4.69, 9.17) is 0 Å². The molecule has 1 rings (SSSR count). The first-order chi connectivity index (χ1) is 8.84. The summed E-state index contributed by atoms with van der Waals surface area (Å²) in [6, 6.07) is 0. The van der Waals surface area contributed by atoms with Gasteiger partial charge in [0.15, 0.2) is 0 Å². The zero-order valence-corrected chi connectivity index (χ0v) is 11.2. The Morgan fingerprint density at radius 2 is 1.67 bits per heavy atom. The van der Waals surface area contributed by atoms with Crippen molar-refractivity contribution in [2.24, 2.45) is 5.92 Å². The van der Waals surface area contributed by atoms with Gasteiger partial charge in [-0.1, -0.05) is 32.1 Å². The van der Waals surface area contributed by atoms with Gasteiger partial charge in [0.25, 0.3) is 0 Å². The van der Waals surface area contributed by atoms with Crippen LogP contribution in [-0.4, -0.2) is 25.4 Å². The smallest absolute Gasteiger partial charge is 0.223 e. The van der Waals surface area contributed by atoms with Crippen molar-refractivity contribution in [1.29, 1.82) is 0 Å². The molecule has 2 N–H and O–H groups in total. The Morgan fingerprint density at radius 3 is 2.33 bits per heavy atom. The monoisotopic (exact) mass is 254 g/mol. The minimum Gasteiger partial charge on any atom is -0.359 e. The van der Waals surface area contributed by atoms with Crippen LogP contribution in [-0.2, 0) is 9.59 Å². The summed E-state index contributed by atoms with van der Waals surface area (Å²) in [5.74, 6) is 0.535.